The van der Waals surface area contributed by atoms with Crippen molar-refractivity contribution in [3.8, 4) is 28.9 Å². The Morgan fingerprint density at radius 3 is 2.61 bits per heavy atom. The highest BCUT2D eigenvalue weighted by atomic mass is 35.5. The maximum atomic E-state index is 12.1. The van der Waals surface area contributed by atoms with Crippen LogP contribution < -0.4 is 29.6 Å². The molecule has 3 aromatic rings. The molecule has 0 unspecified atom stereocenters. The summed E-state index contributed by atoms with van der Waals surface area (Å²) >= 11 is 6.42. The van der Waals surface area contributed by atoms with Gasteiger partial charge in [-0.2, -0.15) is 0 Å². The Bertz CT molecular complexity index is 1290. The lowest BCUT2D eigenvalue weighted by atomic mass is 10.1. The summed E-state index contributed by atoms with van der Waals surface area (Å²) < 4.78 is 29.2. The standard InChI is InChI=1S/C27H31ClN4O6/c1-34-10-4-2-3-5-11-35-22-15-21-23(25-24(22)36-12-13-37-25)26(30-16-29-21)38-18-8-9-20(19(28)14-18)32-27(33)31-17-6-7-17/h8-9,14-17H,2-7,10-13H2,1H3,(H2,31,32,33). The fraction of sp³-hybridized carbons (Fsp3) is 0.444. The lowest BCUT2D eigenvalue weighted by Gasteiger charge is -2.23. The van der Waals surface area contributed by atoms with Crippen molar-refractivity contribution in [1.82, 2.24) is 15.3 Å². The number of nitrogens with one attached hydrogen (secondary N) is 2. The monoisotopic (exact) mass is 542 g/mol. The molecule has 2 amide bonds. The minimum atomic E-state index is -0.280. The van der Waals surface area contributed by atoms with Crippen molar-refractivity contribution in [3.05, 3.63) is 35.6 Å². The van der Waals surface area contributed by atoms with E-state index in [-0.39, 0.29) is 12.1 Å². The van der Waals surface area contributed by atoms with Crippen molar-refractivity contribution in [2.45, 2.75) is 44.6 Å². The number of amides is 2. The van der Waals surface area contributed by atoms with E-state index in [9.17, 15) is 4.79 Å². The lowest BCUT2D eigenvalue weighted by molar-refractivity contribution is 0.163. The molecule has 10 nitrogen and oxygen atoms in total. The number of hydrogen-bond acceptors (Lipinski definition) is 8. The van der Waals surface area contributed by atoms with E-state index in [4.69, 9.17) is 35.3 Å². The first-order chi connectivity index (χ1) is 18.6. The summed E-state index contributed by atoms with van der Waals surface area (Å²) in [6, 6.07) is 6.80. The molecule has 38 heavy (non-hydrogen) atoms. The number of aromatic nitrogens is 2. The molecule has 1 fully saturated rings. The highest BCUT2D eigenvalue weighted by molar-refractivity contribution is 6.33. The maximum absolute atomic E-state index is 12.1. The zero-order valence-electron chi connectivity index (χ0n) is 21.3. The van der Waals surface area contributed by atoms with Gasteiger partial charge in [0.1, 0.15) is 30.7 Å². The predicted octanol–water partition coefficient (Wildman–Crippen LogP) is 5.72. The van der Waals surface area contributed by atoms with E-state index in [0.29, 0.717) is 70.3 Å². The molecule has 1 aromatic heterocycles. The highest BCUT2D eigenvalue weighted by Gasteiger charge is 2.26. The first kappa shape index (κ1) is 26.1. The molecule has 0 radical (unpaired) electrons. The van der Waals surface area contributed by atoms with Gasteiger partial charge in [0.25, 0.3) is 0 Å². The van der Waals surface area contributed by atoms with Crippen LogP contribution in [0.1, 0.15) is 38.5 Å². The number of hydrogen-bond donors (Lipinski definition) is 2. The average Bonchev–Trinajstić information content (AvgIpc) is 3.73. The zero-order valence-corrected chi connectivity index (χ0v) is 22.0. The van der Waals surface area contributed by atoms with E-state index in [1.807, 2.05) is 6.07 Å². The van der Waals surface area contributed by atoms with Gasteiger partial charge < -0.3 is 34.3 Å². The number of carbonyl (C=O) groups excluding carboxylic acids is 1. The summed E-state index contributed by atoms with van der Waals surface area (Å²) in [5.41, 5.74) is 1.09. The molecule has 5 rings (SSSR count). The minimum absolute atomic E-state index is 0.247. The number of fused-ring (bicyclic) bond motifs is 3. The Morgan fingerprint density at radius 2 is 1.84 bits per heavy atom. The number of halogens is 1. The van der Waals surface area contributed by atoms with Gasteiger partial charge in [-0.1, -0.05) is 18.0 Å². The van der Waals surface area contributed by atoms with Gasteiger partial charge in [-0.15, -0.1) is 0 Å². The number of methoxy groups -OCH3 is 1. The largest absolute Gasteiger partial charge is 0.489 e. The molecule has 2 heterocycles. The van der Waals surface area contributed by atoms with Crippen LogP contribution in [-0.4, -0.2) is 55.6 Å². The van der Waals surface area contributed by atoms with Crippen LogP contribution in [0.5, 0.6) is 28.9 Å². The summed E-state index contributed by atoms with van der Waals surface area (Å²) in [6.07, 6.45) is 7.54. The molecule has 2 aliphatic rings. The number of carbonyl (C=O) groups is 1. The van der Waals surface area contributed by atoms with Crippen molar-refractivity contribution in [3.63, 3.8) is 0 Å². The van der Waals surface area contributed by atoms with E-state index in [1.165, 1.54) is 6.33 Å². The first-order valence-corrected chi connectivity index (χ1v) is 13.2. The maximum Gasteiger partial charge on any atom is 0.319 e. The Balaban J connectivity index is 1.32. The molecule has 0 spiro atoms. The number of urea groups is 1. The number of unbranched alkanes of at least 4 members (excludes halogenated alkanes) is 3. The van der Waals surface area contributed by atoms with Crippen LogP contribution in [-0.2, 0) is 4.74 Å². The fourth-order valence-electron chi connectivity index (χ4n) is 4.09. The van der Waals surface area contributed by atoms with E-state index in [0.717, 1.165) is 45.1 Å². The van der Waals surface area contributed by atoms with Crippen LogP contribution in [0, 0.1) is 0 Å². The van der Waals surface area contributed by atoms with Gasteiger partial charge in [-0.25, -0.2) is 14.8 Å². The van der Waals surface area contributed by atoms with E-state index in [1.54, 1.807) is 25.3 Å². The molecule has 0 bridgehead atoms. The SMILES string of the molecule is COCCCCCCOc1cc2ncnc(Oc3ccc(NC(=O)NC4CC4)c(Cl)c3)c2c2c1OCCO2. The number of nitrogens with zero attached hydrogens (tertiary/aromatic N) is 2. The Kier molecular flexibility index (Phi) is 8.50. The smallest absolute Gasteiger partial charge is 0.319 e. The zero-order chi connectivity index (χ0) is 26.3. The van der Waals surface area contributed by atoms with Crippen LogP contribution in [0.4, 0.5) is 10.5 Å². The van der Waals surface area contributed by atoms with E-state index in [2.05, 4.69) is 20.6 Å². The molecule has 0 saturated heterocycles. The Labute approximate surface area is 225 Å². The quantitative estimate of drug-likeness (QED) is 0.279. The number of ether oxygens (including phenoxy) is 5. The third-order valence-corrected chi connectivity index (χ3v) is 6.47. The van der Waals surface area contributed by atoms with Crippen LogP contribution in [0.15, 0.2) is 30.6 Å². The molecule has 2 N–H and O–H groups in total. The second-order valence-electron chi connectivity index (χ2n) is 9.17. The van der Waals surface area contributed by atoms with Crippen LogP contribution >= 0.6 is 11.6 Å². The number of anilines is 1. The molecule has 1 saturated carbocycles. The highest BCUT2D eigenvalue weighted by Crippen LogP contribution is 2.48. The van der Waals surface area contributed by atoms with Crippen molar-refractivity contribution < 1.29 is 28.5 Å². The van der Waals surface area contributed by atoms with Crippen molar-refractivity contribution in [2.24, 2.45) is 0 Å². The van der Waals surface area contributed by atoms with Gasteiger partial charge in [0.05, 0.1) is 22.8 Å². The normalized spacial score (nSPS) is 14.3. The van der Waals surface area contributed by atoms with Gasteiger partial charge in [0.2, 0.25) is 11.6 Å². The molecule has 1 aliphatic carbocycles. The van der Waals surface area contributed by atoms with Gasteiger partial charge in [-0.3, -0.25) is 0 Å². The second kappa shape index (κ2) is 12.4. The van der Waals surface area contributed by atoms with Gasteiger partial charge in [0, 0.05) is 31.9 Å². The molecule has 2 aromatic carbocycles. The number of benzene rings is 2. The Morgan fingerprint density at radius 1 is 1.05 bits per heavy atom. The summed E-state index contributed by atoms with van der Waals surface area (Å²) in [5, 5.41) is 6.55. The second-order valence-corrected chi connectivity index (χ2v) is 9.58. The van der Waals surface area contributed by atoms with Crippen LogP contribution in [0.2, 0.25) is 5.02 Å². The van der Waals surface area contributed by atoms with Gasteiger partial charge in [0.15, 0.2) is 11.5 Å². The summed E-state index contributed by atoms with van der Waals surface area (Å²) in [6.45, 7) is 2.13. The first-order valence-electron chi connectivity index (χ1n) is 12.9. The number of rotatable bonds is 12. The summed E-state index contributed by atoms with van der Waals surface area (Å²) in [5.74, 6) is 2.33. The van der Waals surface area contributed by atoms with Crippen LogP contribution in [0.3, 0.4) is 0 Å². The molecule has 1 aliphatic heterocycles. The molecule has 11 heteroatoms. The molecule has 0 atom stereocenters. The molecule has 202 valence electrons. The summed E-state index contributed by atoms with van der Waals surface area (Å²) in [4.78, 5) is 20.8. The van der Waals surface area contributed by atoms with E-state index >= 15 is 0 Å². The third-order valence-electron chi connectivity index (χ3n) is 6.16. The van der Waals surface area contributed by atoms with Gasteiger partial charge >= 0.3 is 6.03 Å². The fourth-order valence-corrected chi connectivity index (χ4v) is 4.31. The van der Waals surface area contributed by atoms with Crippen molar-refractivity contribution in [1.29, 1.82) is 0 Å². The average molecular weight is 543 g/mol. The molecular formula is C27H31ClN4O6. The lowest BCUT2D eigenvalue weighted by Crippen LogP contribution is -2.30. The Hall–Kier alpha value is -3.50. The van der Waals surface area contributed by atoms with E-state index < -0.39 is 0 Å². The van der Waals surface area contributed by atoms with Crippen LogP contribution in [0.25, 0.3) is 10.9 Å². The molecular weight excluding hydrogens is 512 g/mol. The van der Waals surface area contributed by atoms with Crippen molar-refractivity contribution in [2.75, 3.05) is 38.9 Å². The topological polar surface area (TPSA) is 113 Å². The van der Waals surface area contributed by atoms with Crippen molar-refractivity contribution >= 4 is 34.2 Å². The minimum Gasteiger partial charge on any atom is -0.489 e. The summed E-state index contributed by atoms with van der Waals surface area (Å²) in [7, 11) is 1.72. The predicted molar refractivity (Wildman–Crippen MR) is 143 cm³/mol. The third kappa shape index (κ3) is 6.49. The van der Waals surface area contributed by atoms with Gasteiger partial charge in [-0.05, 0) is 44.2 Å².